The molecule has 0 amide bonds. The first-order valence-electron chi connectivity index (χ1n) is 5.62. The molecule has 0 aromatic heterocycles. The van der Waals surface area contributed by atoms with Gasteiger partial charge in [0.15, 0.2) is 11.6 Å². The van der Waals surface area contributed by atoms with Crippen LogP contribution in [0, 0.1) is 5.82 Å². The van der Waals surface area contributed by atoms with Crippen molar-refractivity contribution in [2.75, 3.05) is 20.2 Å². The second kappa shape index (κ2) is 6.35. The van der Waals surface area contributed by atoms with Crippen LogP contribution in [0.25, 0.3) is 0 Å². The predicted octanol–water partition coefficient (Wildman–Crippen LogP) is 2.25. The van der Waals surface area contributed by atoms with Crippen molar-refractivity contribution in [3.8, 4) is 5.75 Å². The summed E-state index contributed by atoms with van der Waals surface area (Å²) < 4.78 is 18.7. The lowest BCUT2D eigenvalue weighted by Gasteiger charge is -2.15. The number of hydrogen-bond donors (Lipinski definition) is 0. The standard InChI is InChI=1S/C13H18FNO2/c1-4-17-13-6-5-11(7-12(13)14)9-15(3)8-10(2)16/h5-7H,4,8-9H2,1-3H3. The highest BCUT2D eigenvalue weighted by Gasteiger charge is 2.07. The van der Waals surface area contributed by atoms with Gasteiger partial charge in [0.2, 0.25) is 0 Å². The van der Waals surface area contributed by atoms with Crippen molar-refractivity contribution < 1.29 is 13.9 Å². The lowest BCUT2D eigenvalue weighted by Crippen LogP contribution is -2.23. The second-order valence-corrected chi connectivity index (χ2v) is 4.07. The van der Waals surface area contributed by atoms with Gasteiger partial charge in [-0.1, -0.05) is 6.07 Å². The number of rotatable bonds is 6. The third-order valence-corrected chi connectivity index (χ3v) is 2.24. The normalized spacial score (nSPS) is 10.6. The Bertz CT molecular complexity index is 393. The van der Waals surface area contributed by atoms with Crippen molar-refractivity contribution >= 4 is 5.78 Å². The molecule has 17 heavy (non-hydrogen) atoms. The first kappa shape index (κ1) is 13.6. The van der Waals surface area contributed by atoms with Crippen LogP contribution in [0.3, 0.4) is 0 Å². The number of Topliss-reactive ketones (excluding diaryl/α,β-unsaturated/α-hetero) is 1. The number of ether oxygens (including phenoxy) is 1. The summed E-state index contributed by atoms with van der Waals surface area (Å²) in [5.74, 6) is 0.00459. The molecule has 4 heteroatoms. The van der Waals surface area contributed by atoms with Crippen molar-refractivity contribution in [2.45, 2.75) is 20.4 Å². The zero-order valence-electron chi connectivity index (χ0n) is 10.5. The van der Waals surface area contributed by atoms with Gasteiger partial charge in [-0.3, -0.25) is 9.69 Å². The molecular formula is C13H18FNO2. The fourth-order valence-corrected chi connectivity index (χ4v) is 1.66. The van der Waals surface area contributed by atoms with E-state index in [1.165, 1.54) is 13.0 Å². The SMILES string of the molecule is CCOc1ccc(CN(C)CC(C)=O)cc1F. The highest BCUT2D eigenvalue weighted by molar-refractivity contribution is 5.77. The number of hydrogen-bond acceptors (Lipinski definition) is 3. The second-order valence-electron chi connectivity index (χ2n) is 4.07. The van der Waals surface area contributed by atoms with E-state index in [0.717, 1.165) is 5.56 Å². The van der Waals surface area contributed by atoms with Gasteiger partial charge in [-0.05, 0) is 38.6 Å². The maximum Gasteiger partial charge on any atom is 0.165 e. The van der Waals surface area contributed by atoms with Crippen molar-refractivity contribution in [3.05, 3.63) is 29.6 Å². The van der Waals surface area contributed by atoms with E-state index in [-0.39, 0.29) is 17.3 Å². The fourth-order valence-electron chi connectivity index (χ4n) is 1.66. The van der Waals surface area contributed by atoms with E-state index >= 15 is 0 Å². The number of likely N-dealkylation sites (N-methyl/N-ethyl adjacent to an activating group) is 1. The van der Waals surface area contributed by atoms with E-state index in [0.29, 0.717) is 19.7 Å². The average Bonchev–Trinajstić information content (AvgIpc) is 2.21. The Morgan fingerprint density at radius 2 is 2.18 bits per heavy atom. The Morgan fingerprint density at radius 1 is 1.47 bits per heavy atom. The molecule has 1 rings (SSSR count). The summed E-state index contributed by atoms with van der Waals surface area (Å²) >= 11 is 0. The van der Waals surface area contributed by atoms with Gasteiger partial charge in [0.05, 0.1) is 13.2 Å². The van der Waals surface area contributed by atoms with E-state index in [1.807, 2.05) is 24.9 Å². The van der Waals surface area contributed by atoms with Crippen LogP contribution < -0.4 is 4.74 Å². The monoisotopic (exact) mass is 239 g/mol. The number of nitrogens with zero attached hydrogens (tertiary/aromatic N) is 1. The number of carbonyl (C=O) groups is 1. The van der Waals surface area contributed by atoms with Crippen molar-refractivity contribution in [1.29, 1.82) is 0 Å². The Labute approximate surface area is 101 Å². The molecule has 0 saturated heterocycles. The molecule has 0 radical (unpaired) electrons. The van der Waals surface area contributed by atoms with Gasteiger partial charge in [-0.15, -0.1) is 0 Å². The third-order valence-electron chi connectivity index (χ3n) is 2.24. The Balaban J connectivity index is 2.66. The molecule has 94 valence electrons. The predicted molar refractivity (Wildman–Crippen MR) is 64.6 cm³/mol. The molecule has 0 heterocycles. The molecule has 3 nitrogen and oxygen atoms in total. The van der Waals surface area contributed by atoms with E-state index in [4.69, 9.17) is 4.74 Å². The largest absolute Gasteiger partial charge is 0.491 e. The molecule has 0 bridgehead atoms. The van der Waals surface area contributed by atoms with Crippen LogP contribution in [-0.2, 0) is 11.3 Å². The molecule has 0 fully saturated rings. The molecule has 0 aliphatic heterocycles. The number of halogens is 1. The minimum Gasteiger partial charge on any atom is -0.491 e. The fraction of sp³-hybridized carbons (Fsp3) is 0.462. The van der Waals surface area contributed by atoms with E-state index in [2.05, 4.69) is 0 Å². The summed E-state index contributed by atoms with van der Waals surface area (Å²) in [5.41, 5.74) is 0.828. The highest BCUT2D eigenvalue weighted by Crippen LogP contribution is 2.18. The summed E-state index contributed by atoms with van der Waals surface area (Å²) in [6.45, 7) is 4.71. The highest BCUT2D eigenvalue weighted by atomic mass is 19.1. The molecule has 0 N–H and O–H groups in total. The van der Waals surface area contributed by atoms with Crippen LogP contribution in [0.1, 0.15) is 19.4 Å². The van der Waals surface area contributed by atoms with Gasteiger partial charge < -0.3 is 4.74 Å². The molecule has 0 unspecified atom stereocenters. The molecule has 0 saturated carbocycles. The Kier molecular flexibility index (Phi) is 5.10. The van der Waals surface area contributed by atoms with Crippen LogP contribution in [-0.4, -0.2) is 30.9 Å². The first-order chi connectivity index (χ1) is 8.02. The molecule has 0 atom stereocenters. The topological polar surface area (TPSA) is 29.5 Å². The molecule has 0 aliphatic rings. The van der Waals surface area contributed by atoms with Gasteiger partial charge in [-0.25, -0.2) is 4.39 Å². The maximum atomic E-state index is 13.5. The number of benzene rings is 1. The Morgan fingerprint density at radius 3 is 2.71 bits per heavy atom. The van der Waals surface area contributed by atoms with Gasteiger partial charge in [0, 0.05) is 6.54 Å². The smallest absolute Gasteiger partial charge is 0.165 e. The molecular weight excluding hydrogens is 221 g/mol. The van der Waals surface area contributed by atoms with E-state index in [9.17, 15) is 9.18 Å². The first-order valence-corrected chi connectivity index (χ1v) is 5.62. The van der Waals surface area contributed by atoms with Crippen LogP contribution in [0.4, 0.5) is 4.39 Å². The molecule has 1 aromatic carbocycles. The van der Waals surface area contributed by atoms with E-state index in [1.54, 1.807) is 6.07 Å². The van der Waals surface area contributed by atoms with Gasteiger partial charge in [-0.2, -0.15) is 0 Å². The zero-order chi connectivity index (χ0) is 12.8. The van der Waals surface area contributed by atoms with Crippen molar-refractivity contribution in [3.63, 3.8) is 0 Å². The van der Waals surface area contributed by atoms with Crippen molar-refractivity contribution in [2.24, 2.45) is 0 Å². The molecule has 0 aliphatic carbocycles. The number of carbonyl (C=O) groups excluding carboxylic acids is 1. The minimum absolute atomic E-state index is 0.0962. The van der Waals surface area contributed by atoms with Crippen LogP contribution in [0.2, 0.25) is 0 Å². The van der Waals surface area contributed by atoms with Gasteiger partial charge >= 0.3 is 0 Å². The maximum absolute atomic E-state index is 13.5. The third kappa shape index (κ3) is 4.53. The molecule has 1 aromatic rings. The lowest BCUT2D eigenvalue weighted by molar-refractivity contribution is -0.117. The van der Waals surface area contributed by atoms with E-state index < -0.39 is 0 Å². The quantitative estimate of drug-likeness (QED) is 0.762. The average molecular weight is 239 g/mol. The van der Waals surface area contributed by atoms with Gasteiger partial charge in [0.25, 0.3) is 0 Å². The Hall–Kier alpha value is -1.42. The van der Waals surface area contributed by atoms with Crippen LogP contribution >= 0.6 is 0 Å². The zero-order valence-corrected chi connectivity index (χ0v) is 10.5. The van der Waals surface area contributed by atoms with Crippen LogP contribution in [0.5, 0.6) is 5.75 Å². The summed E-state index contributed by atoms with van der Waals surface area (Å²) in [4.78, 5) is 12.8. The summed E-state index contributed by atoms with van der Waals surface area (Å²) in [5, 5.41) is 0. The summed E-state index contributed by atoms with van der Waals surface area (Å²) in [6.07, 6.45) is 0. The molecule has 0 spiro atoms. The number of ketones is 1. The van der Waals surface area contributed by atoms with Crippen LogP contribution in [0.15, 0.2) is 18.2 Å². The summed E-state index contributed by atoms with van der Waals surface area (Å²) in [7, 11) is 1.83. The lowest BCUT2D eigenvalue weighted by atomic mass is 10.2. The van der Waals surface area contributed by atoms with Gasteiger partial charge in [0.1, 0.15) is 5.78 Å². The minimum atomic E-state index is -0.361. The summed E-state index contributed by atoms with van der Waals surface area (Å²) in [6, 6.07) is 4.88. The van der Waals surface area contributed by atoms with Crippen molar-refractivity contribution in [1.82, 2.24) is 4.90 Å².